The maximum atomic E-state index is 4.03. The first-order valence-electron chi connectivity index (χ1n) is 7.75. The Labute approximate surface area is 154 Å². The summed E-state index contributed by atoms with van der Waals surface area (Å²) in [5.74, 6) is 0. The third-order valence-electron chi connectivity index (χ3n) is 4.44. The molecule has 0 bridgehead atoms. The van der Waals surface area contributed by atoms with E-state index in [1.165, 1.54) is 72.8 Å². The van der Waals surface area contributed by atoms with Crippen LogP contribution in [0.1, 0.15) is 47.1 Å². The van der Waals surface area contributed by atoms with E-state index >= 15 is 0 Å². The average Bonchev–Trinajstić information content (AvgIpc) is 2.97. The fraction of sp³-hybridized carbons (Fsp3) is 0.350. The van der Waals surface area contributed by atoms with E-state index in [4.69, 9.17) is 0 Å². The van der Waals surface area contributed by atoms with E-state index < -0.39 is 0 Å². The fourth-order valence-corrected chi connectivity index (χ4v) is 3.30. The van der Waals surface area contributed by atoms with Crippen LogP contribution in [0.3, 0.4) is 0 Å². The first kappa shape index (κ1) is 16.8. The van der Waals surface area contributed by atoms with Crippen molar-refractivity contribution in [1.29, 1.82) is 0 Å². The Morgan fingerprint density at radius 3 is 2.38 bits per heavy atom. The SMILES string of the molecule is [CH2-]c1cccc2c1CCCC2.[Y].[c-]1ccc2c(c1)CCC2. The summed E-state index contributed by atoms with van der Waals surface area (Å²) in [6.45, 7) is 4.03. The minimum atomic E-state index is 0. The van der Waals surface area contributed by atoms with E-state index in [0.717, 1.165) is 0 Å². The van der Waals surface area contributed by atoms with Crippen molar-refractivity contribution in [2.75, 3.05) is 0 Å². The summed E-state index contributed by atoms with van der Waals surface area (Å²) in [5.41, 5.74) is 7.33. The largest absolute Gasteiger partial charge is 0.198 e. The van der Waals surface area contributed by atoms with Crippen molar-refractivity contribution in [3.8, 4) is 0 Å². The third-order valence-corrected chi connectivity index (χ3v) is 4.44. The zero-order chi connectivity index (χ0) is 13.8. The van der Waals surface area contributed by atoms with Gasteiger partial charge >= 0.3 is 0 Å². The molecule has 0 atom stereocenters. The minimum absolute atomic E-state index is 0. The van der Waals surface area contributed by atoms with Crippen LogP contribution in [0.5, 0.6) is 0 Å². The second-order valence-electron chi connectivity index (χ2n) is 5.81. The minimum Gasteiger partial charge on any atom is -0.198 e. The Bertz CT molecular complexity index is 563. The van der Waals surface area contributed by atoms with Crippen LogP contribution < -0.4 is 0 Å². The number of rotatable bonds is 0. The van der Waals surface area contributed by atoms with Crippen molar-refractivity contribution in [2.45, 2.75) is 44.9 Å². The molecule has 0 saturated heterocycles. The molecule has 0 N–H and O–H groups in total. The molecule has 2 aliphatic rings. The van der Waals surface area contributed by atoms with E-state index in [1.807, 2.05) is 6.07 Å². The van der Waals surface area contributed by atoms with Crippen molar-refractivity contribution in [1.82, 2.24) is 0 Å². The van der Waals surface area contributed by atoms with Gasteiger partial charge in [0.2, 0.25) is 0 Å². The number of hydrogen-bond donors (Lipinski definition) is 0. The predicted octanol–water partition coefficient (Wildman–Crippen LogP) is 4.72. The smallest absolute Gasteiger partial charge is 0 e. The molecule has 4 rings (SSSR count). The molecule has 1 heteroatoms. The average molecular weight is 351 g/mol. The molecule has 0 aliphatic heterocycles. The maximum Gasteiger partial charge on any atom is 0 e. The summed E-state index contributed by atoms with van der Waals surface area (Å²) in [4.78, 5) is 0. The molecule has 21 heavy (non-hydrogen) atoms. The Balaban J connectivity index is 0.000000149. The molecule has 2 aromatic rings. The zero-order valence-electron chi connectivity index (χ0n) is 12.7. The van der Waals surface area contributed by atoms with Gasteiger partial charge in [0.15, 0.2) is 0 Å². The molecule has 0 spiro atoms. The Hall–Kier alpha value is -0.586. The fourth-order valence-electron chi connectivity index (χ4n) is 3.30. The number of aryl methyl sites for hydroxylation is 3. The standard InChI is InChI=1S/C11H13.C9H9.Y/c1-9-5-4-7-10-6-2-3-8-11(9)10;1-2-5-9-7-3-6-8(9)4-1;/h4-5,7H,1-3,6,8H2;1,4-5H,3,6-7H2;/q2*-1;. The topological polar surface area (TPSA) is 0 Å². The zero-order valence-corrected chi connectivity index (χ0v) is 15.5. The van der Waals surface area contributed by atoms with Crippen molar-refractivity contribution in [2.24, 2.45) is 0 Å². The van der Waals surface area contributed by atoms with Gasteiger partial charge in [0.1, 0.15) is 0 Å². The molecule has 0 unspecified atom stereocenters. The first-order chi connectivity index (χ1) is 9.84. The molecule has 0 amide bonds. The van der Waals surface area contributed by atoms with Crippen LogP contribution in [-0.2, 0) is 58.4 Å². The summed E-state index contributed by atoms with van der Waals surface area (Å²) < 4.78 is 0. The van der Waals surface area contributed by atoms with Gasteiger partial charge in [0, 0.05) is 32.7 Å². The van der Waals surface area contributed by atoms with Crippen molar-refractivity contribution in [3.05, 3.63) is 77.2 Å². The molecule has 0 aromatic heterocycles. The summed E-state index contributed by atoms with van der Waals surface area (Å²) in [5, 5.41) is 0. The molecular formula is C20H22Y-2. The van der Waals surface area contributed by atoms with Gasteiger partial charge in [-0.1, -0.05) is 44.6 Å². The van der Waals surface area contributed by atoms with Crippen LogP contribution >= 0.6 is 0 Å². The molecular weight excluding hydrogens is 329 g/mol. The van der Waals surface area contributed by atoms with Gasteiger partial charge in [-0.25, -0.2) is 0 Å². The van der Waals surface area contributed by atoms with E-state index in [0.29, 0.717) is 0 Å². The van der Waals surface area contributed by atoms with Crippen LogP contribution in [0, 0.1) is 13.0 Å². The van der Waals surface area contributed by atoms with Gasteiger partial charge in [0.05, 0.1) is 0 Å². The summed E-state index contributed by atoms with van der Waals surface area (Å²) in [7, 11) is 0. The number of hydrogen-bond acceptors (Lipinski definition) is 0. The van der Waals surface area contributed by atoms with Gasteiger partial charge < -0.3 is 0 Å². The quantitative estimate of drug-likeness (QED) is 0.603. The Morgan fingerprint density at radius 1 is 0.810 bits per heavy atom. The molecule has 2 aromatic carbocycles. The second-order valence-corrected chi connectivity index (χ2v) is 5.81. The van der Waals surface area contributed by atoms with Crippen molar-refractivity contribution >= 4 is 0 Å². The first-order valence-corrected chi connectivity index (χ1v) is 7.75. The van der Waals surface area contributed by atoms with Gasteiger partial charge in [-0.15, -0.1) is 17.2 Å². The number of benzene rings is 2. The van der Waals surface area contributed by atoms with Crippen LogP contribution in [0.15, 0.2) is 36.4 Å². The Morgan fingerprint density at radius 2 is 1.57 bits per heavy atom. The van der Waals surface area contributed by atoms with Crippen LogP contribution in [0.4, 0.5) is 0 Å². The molecule has 0 heterocycles. The van der Waals surface area contributed by atoms with Gasteiger partial charge in [-0.2, -0.15) is 53.9 Å². The summed E-state index contributed by atoms with van der Waals surface area (Å²) in [6.07, 6.45) is 9.10. The van der Waals surface area contributed by atoms with Gasteiger partial charge in [0.25, 0.3) is 0 Å². The molecule has 0 nitrogen and oxygen atoms in total. The van der Waals surface area contributed by atoms with Gasteiger partial charge in [-0.3, -0.25) is 0 Å². The third kappa shape index (κ3) is 4.21. The molecule has 107 valence electrons. The van der Waals surface area contributed by atoms with E-state index in [2.05, 4.69) is 43.3 Å². The van der Waals surface area contributed by atoms with Crippen molar-refractivity contribution in [3.63, 3.8) is 0 Å². The Kier molecular flexibility index (Phi) is 6.51. The van der Waals surface area contributed by atoms with Crippen molar-refractivity contribution < 1.29 is 32.7 Å². The van der Waals surface area contributed by atoms with Crippen LogP contribution in [0.2, 0.25) is 0 Å². The van der Waals surface area contributed by atoms with Crippen LogP contribution in [0.25, 0.3) is 0 Å². The molecule has 0 saturated carbocycles. The summed E-state index contributed by atoms with van der Waals surface area (Å²) >= 11 is 0. The van der Waals surface area contributed by atoms with E-state index in [-0.39, 0.29) is 32.7 Å². The van der Waals surface area contributed by atoms with E-state index in [1.54, 1.807) is 0 Å². The number of fused-ring (bicyclic) bond motifs is 2. The monoisotopic (exact) mass is 351 g/mol. The van der Waals surface area contributed by atoms with Gasteiger partial charge in [-0.05, 0) is 6.42 Å². The van der Waals surface area contributed by atoms with Crippen LogP contribution in [-0.4, -0.2) is 0 Å². The summed E-state index contributed by atoms with van der Waals surface area (Å²) in [6, 6.07) is 15.9. The second kappa shape index (κ2) is 8.15. The van der Waals surface area contributed by atoms with E-state index in [9.17, 15) is 0 Å². The normalized spacial score (nSPS) is 15.0. The predicted molar refractivity (Wildman–Crippen MR) is 84.8 cm³/mol. The molecule has 2 aliphatic carbocycles. The molecule has 0 fully saturated rings. The molecule has 1 radical (unpaired) electrons. The maximum absolute atomic E-state index is 4.03.